The van der Waals surface area contributed by atoms with E-state index in [4.69, 9.17) is 0 Å². The lowest BCUT2D eigenvalue weighted by molar-refractivity contribution is -0.151. The van der Waals surface area contributed by atoms with Gasteiger partial charge in [-0.05, 0) is 108 Å². The topological polar surface area (TPSA) is 173 Å². The molecule has 0 aliphatic heterocycles. The number of rotatable bonds is 8. The Labute approximate surface area is 230 Å². The Morgan fingerprint density at radius 2 is 0.872 bits per heavy atom. The second-order valence-corrected chi connectivity index (χ2v) is 12.7. The van der Waals surface area contributed by atoms with Crippen molar-refractivity contribution >= 4 is 23.8 Å². The van der Waals surface area contributed by atoms with Crippen molar-refractivity contribution in [1.82, 2.24) is 10.6 Å². The van der Waals surface area contributed by atoms with E-state index in [1.165, 1.54) is 0 Å². The van der Waals surface area contributed by atoms with E-state index in [-0.39, 0.29) is 36.7 Å². The highest BCUT2D eigenvalue weighted by Gasteiger charge is 2.41. The molecular weight excluding hydrogens is 504 g/mol. The Balaban J connectivity index is 1.15. The molecule has 4 saturated carbocycles. The zero-order chi connectivity index (χ0) is 28.1. The van der Waals surface area contributed by atoms with Crippen molar-refractivity contribution < 1.29 is 39.6 Å². The predicted molar refractivity (Wildman–Crippen MR) is 141 cm³/mol. The van der Waals surface area contributed by atoms with Gasteiger partial charge in [-0.25, -0.2) is 0 Å². The quantitative estimate of drug-likeness (QED) is 0.267. The molecule has 6 N–H and O–H groups in total. The zero-order valence-electron chi connectivity index (χ0n) is 22.8. The lowest BCUT2D eigenvalue weighted by atomic mass is 9.74. The highest BCUT2D eigenvalue weighted by Crippen LogP contribution is 2.37. The van der Waals surface area contributed by atoms with Crippen LogP contribution in [0.1, 0.15) is 96.3 Å². The number of carbonyl (C=O) groups is 4. The van der Waals surface area contributed by atoms with Gasteiger partial charge in [-0.3, -0.25) is 19.2 Å². The van der Waals surface area contributed by atoms with Gasteiger partial charge < -0.3 is 31.1 Å². The minimum Gasteiger partial charge on any atom is -0.481 e. The Hall–Kier alpha value is -2.20. The molecule has 220 valence electrons. The average molecular weight is 551 g/mol. The number of aliphatic hydroxyl groups is 2. The Morgan fingerprint density at radius 3 is 1.21 bits per heavy atom. The molecule has 0 radical (unpaired) electrons. The monoisotopic (exact) mass is 550 g/mol. The third-order valence-corrected chi connectivity index (χ3v) is 10.0. The number of nitrogens with one attached hydrogen (secondary N) is 2. The molecule has 2 amide bonds. The Bertz CT molecular complexity index is 811. The highest BCUT2D eigenvalue weighted by molar-refractivity contribution is 5.85. The van der Waals surface area contributed by atoms with Crippen LogP contribution in [0.3, 0.4) is 0 Å². The number of carbonyl (C=O) groups excluding carboxylic acids is 2. The summed E-state index contributed by atoms with van der Waals surface area (Å²) in [5.41, 5.74) is 0. The molecule has 39 heavy (non-hydrogen) atoms. The Kier molecular flexibility index (Phi) is 10.3. The van der Waals surface area contributed by atoms with Crippen LogP contribution in [0.15, 0.2) is 0 Å². The molecule has 0 aromatic carbocycles. The van der Waals surface area contributed by atoms with E-state index in [0.717, 1.165) is 57.8 Å². The normalized spacial score (nSPS) is 39.3. The second-order valence-electron chi connectivity index (χ2n) is 12.7. The fourth-order valence-corrected chi connectivity index (χ4v) is 7.64. The lowest BCUT2D eigenvalue weighted by Crippen LogP contribution is -2.47. The maximum Gasteiger partial charge on any atom is 0.307 e. The number of aliphatic carboxylic acids is 2. The van der Waals surface area contributed by atoms with Crippen molar-refractivity contribution in [3.63, 3.8) is 0 Å². The van der Waals surface area contributed by atoms with E-state index in [9.17, 15) is 39.6 Å². The molecule has 4 rings (SSSR count). The van der Waals surface area contributed by atoms with Crippen LogP contribution in [0.25, 0.3) is 0 Å². The standard InChI is InChI=1S/C29H46N2O8/c32-20-9-11-22(24(14-20)28(36)37)26(34)30-18-5-1-16(2-6-18)13-17-3-7-19(8-4-17)31-27(35)23-12-10-21(33)15-25(23)29(38)39/h16-25,32-33H,1-15H2,(H,30,34)(H,31,35)(H,36,37)(H,38,39). The largest absolute Gasteiger partial charge is 0.481 e. The third kappa shape index (κ3) is 7.93. The van der Waals surface area contributed by atoms with Crippen LogP contribution < -0.4 is 10.6 Å². The summed E-state index contributed by atoms with van der Waals surface area (Å²) < 4.78 is 0. The van der Waals surface area contributed by atoms with Gasteiger partial charge in [0, 0.05) is 12.1 Å². The van der Waals surface area contributed by atoms with Crippen molar-refractivity contribution in [2.75, 3.05) is 0 Å². The van der Waals surface area contributed by atoms with Crippen LogP contribution in [0.5, 0.6) is 0 Å². The first-order valence-corrected chi connectivity index (χ1v) is 15.0. The molecule has 6 atom stereocenters. The predicted octanol–water partition coefficient (Wildman–Crippen LogP) is 2.45. The van der Waals surface area contributed by atoms with Crippen LogP contribution in [0, 0.1) is 35.5 Å². The minimum atomic E-state index is -1.01. The summed E-state index contributed by atoms with van der Waals surface area (Å²) in [4.78, 5) is 48.9. The first-order chi connectivity index (χ1) is 18.6. The number of carboxylic acids is 2. The van der Waals surface area contributed by atoms with Crippen molar-refractivity contribution in [2.45, 2.75) is 121 Å². The summed E-state index contributed by atoms with van der Waals surface area (Å²) in [6.45, 7) is 0. The van der Waals surface area contributed by atoms with Gasteiger partial charge in [-0.2, -0.15) is 0 Å². The SMILES string of the molecule is O=C(O)C1CC(O)CCC1C(=O)NC1CCC(CC2CCC(NC(=O)C3CCC(O)CC3C(=O)O)CC2)CC1. The average Bonchev–Trinajstić information content (AvgIpc) is 2.90. The van der Waals surface area contributed by atoms with Crippen molar-refractivity contribution in [3.8, 4) is 0 Å². The van der Waals surface area contributed by atoms with E-state index < -0.39 is 47.8 Å². The smallest absolute Gasteiger partial charge is 0.307 e. The molecule has 0 spiro atoms. The summed E-state index contributed by atoms with van der Waals surface area (Å²) >= 11 is 0. The van der Waals surface area contributed by atoms with E-state index in [1.54, 1.807) is 0 Å². The molecule has 0 aromatic rings. The first-order valence-electron chi connectivity index (χ1n) is 15.0. The van der Waals surface area contributed by atoms with Gasteiger partial charge >= 0.3 is 11.9 Å². The summed E-state index contributed by atoms with van der Waals surface area (Å²) in [6.07, 6.45) is 9.63. The lowest BCUT2D eigenvalue weighted by Gasteiger charge is -2.36. The summed E-state index contributed by atoms with van der Waals surface area (Å²) in [5.74, 6) is -3.95. The van der Waals surface area contributed by atoms with E-state index >= 15 is 0 Å². The van der Waals surface area contributed by atoms with Gasteiger partial charge in [-0.1, -0.05) is 0 Å². The highest BCUT2D eigenvalue weighted by atomic mass is 16.4. The van der Waals surface area contributed by atoms with Gasteiger partial charge in [0.1, 0.15) is 0 Å². The van der Waals surface area contributed by atoms with Crippen LogP contribution in [-0.4, -0.2) is 68.5 Å². The van der Waals surface area contributed by atoms with Gasteiger partial charge in [0.15, 0.2) is 0 Å². The summed E-state index contributed by atoms with van der Waals surface area (Å²) in [5, 5.41) is 44.8. The molecule has 10 nitrogen and oxygen atoms in total. The molecule has 0 aromatic heterocycles. The maximum atomic E-state index is 12.8. The third-order valence-electron chi connectivity index (χ3n) is 10.0. The van der Waals surface area contributed by atoms with Crippen LogP contribution >= 0.6 is 0 Å². The summed E-state index contributed by atoms with van der Waals surface area (Å²) in [6, 6.07) is 0.160. The zero-order valence-corrected chi connectivity index (χ0v) is 22.8. The molecule has 4 aliphatic carbocycles. The van der Waals surface area contributed by atoms with Gasteiger partial charge in [-0.15, -0.1) is 0 Å². The fraction of sp³-hybridized carbons (Fsp3) is 0.862. The van der Waals surface area contributed by atoms with Crippen molar-refractivity contribution in [1.29, 1.82) is 0 Å². The number of carboxylic acid groups (broad SMARTS) is 2. The molecule has 6 unspecified atom stereocenters. The van der Waals surface area contributed by atoms with E-state index in [2.05, 4.69) is 10.6 Å². The number of hydrogen-bond acceptors (Lipinski definition) is 6. The summed E-state index contributed by atoms with van der Waals surface area (Å²) in [7, 11) is 0. The van der Waals surface area contributed by atoms with Crippen LogP contribution in [-0.2, 0) is 19.2 Å². The molecular formula is C29H46N2O8. The molecule has 0 bridgehead atoms. The number of hydrogen-bond donors (Lipinski definition) is 6. The molecule has 4 fully saturated rings. The number of amides is 2. The Morgan fingerprint density at radius 1 is 0.513 bits per heavy atom. The number of aliphatic hydroxyl groups excluding tert-OH is 2. The van der Waals surface area contributed by atoms with E-state index in [0.29, 0.717) is 37.5 Å². The van der Waals surface area contributed by atoms with Gasteiger partial charge in [0.05, 0.1) is 35.9 Å². The maximum absolute atomic E-state index is 12.8. The molecule has 10 heteroatoms. The van der Waals surface area contributed by atoms with Crippen LogP contribution in [0.2, 0.25) is 0 Å². The van der Waals surface area contributed by atoms with Gasteiger partial charge in [0.25, 0.3) is 0 Å². The molecule has 4 aliphatic rings. The molecule has 0 heterocycles. The van der Waals surface area contributed by atoms with E-state index in [1.807, 2.05) is 0 Å². The second kappa shape index (κ2) is 13.4. The van der Waals surface area contributed by atoms with Crippen molar-refractivity contribution in [2.24, 2.45) is 35.5 Å². The molecule has 0 saturated heterocycles. The fourth-order valence-electron chi connectivity index (χ4n) is 7.64. The van der Waals surface area contributed by atoms with Crippen LogP contribution in [0.4, 0.5) is 0 Å². The first kappa shape index (κ1) is 29.8. The van der Waals surface area contributed by atoms with Gasteiger partial charge in [0.2, 0.25) is 11.8 Å². The van der Waals surface area contributed by atoms with Crippen molar-refractivity contribution in [3.05, 3.63) is 0 Å². The minimum absolute atomic E-state index is 0.0801.